The van der Waals surface area contributed by atoms with Crippen molar-refractivity contribution in [3.63, 3.8) is 0 Å². The van der Waals surface area contributed by atoms with Gasteiger partial charge in [-0.05, 0) is 19.4 Å². The highest BCUT2D eigenvalue weighted by atomic mass is 16.4. The molecule has 2 atom stereocenters. The number of H-pyrrole nitrogens is 1. The number of hydrogen-bond acceptors (Lipinski definition) is 4. The van der Waals surface area contributed by atoms with Gasteiger partial charge in [0.2, 0.25) is 5.91 Å². The SMILES string of the molecule is CCCC1(C(=O)N[C@@H](Cc2cnc[nH]2)C(=O)O)CCNC1. The lowest BCUT2D eigenvalue weighted by molar-refractivity contribution is -0.143. The number of imidazole rings is 1. The van der Waals surface area contributed by atoms with Crippen LogP contribution in [0.25, 0.3) is 0 Å². The van der Waals surface area contributed by atoms with Crippen LogP contribution in [0.3, 0.4) is 0 Å². The van der Waals surface area contributed by atoms with Gasteiger partial charge in [0.05, 0.1) is 11.7 Å². The number of nitrogens with one attached hydrogen (secondary N) is 3. The van der Waals surface area contributed by atoms with Crippen molar-refractivity contribution in [3.05, 3.63) is 18.2 Å². The highest BCUT2D eigenvalue weighted by Gasteiger charge is 2.41. The smallest absolute Gasteiger partial charge is 0.326 e. The summed E-state index contributed by atoms with van der Waals surface area (Å²) < 4.78 is 0. The zero-order chi connectivity index (χ0) is 15.3. The largest absolute Gasteiger partial charge is 0.480 e. The maximum absolute atomic E-state index is 12.6. The zero-order valence-electron chi connectivity index (χ0n) is 12.2. The average Bonchev–Trinajstić information content (AvgIpc) is 3.10. The highest BCUT2D eigenvalue weighted by molar-refractivity contribution is 5.88. The molecule has 2 rings (SSSR count). The monoisotopic (exact) mass is 294 g/mol. The van der Waals surface area contributed by atoms with Gasteiger partial charge in [-0.25, -0.2) is 9.78 Å². The molecule has 1 unspecified atom stereocenters. The number of carbonyl (C=O) groups is 2. The Balaban J connectivity index is 2.05. The van der Waals surface area contributed by atoms with Crippen LogP contribution in [0.5, 0.6) is 0 Å². The van der Waals surface area contributed by atoms with Crippen molar-refractivity contribution < 1.29 is 14.7 Å². The van der Waals surface area contributed by atoms with Crippen molar-refractivity contribution in [1.82, 2.24) is 20.6 Å². The first-order valence-corrected chi connectivity index (χ1v) is 7.29. The van der Waals surface area contributed by atoms with E-state index in [4.69, 9.17) is 0 Å². The van der Waals surface area contributed by atoms with Crippen LogP contribution in [0, 0.1) is 5.41 Å². The third kappa shape index (κ3) is 3.60. The minimum absolute atomic E-state index is 0.165. The Kier molecular flexibility index (Phi) is 4.95. The number of carboxylic acid groups (broad SMARTS) is 1. The molecule has 0 aromatic carbocycles. The molecule has 0 spiro atoms. The lowest BCUT2D eigenvalue weighted by atomic mass is 9.81. The van der Waals surface area contributed by atoms with Gasteiger partial charge in [-0.2, -0.15) is 0 Å². The number of nitrogens with zero attached hydrogens (tertiary/aromatic N) is 1. The molecule has 4 N–H and O–H groups in total. The molecule has 1 aromatic rings. The molecular formula is C14H22N4O3. The van der Waals surface area contributed by atoms with Gasteiger partial charge in [0.25, 0.3) is 0 Å². The van der Waals surface area contributed by atoms with Crippen molar-refractivity contribution in [2.45, 2.75) is 38.6 Å². The van der Waals surface area contributed by atoms with E-state index in [9.17, 15) is 14.7 Å². The molecular weight excluding hydrogens is 272 g/mol. The fourth-order valence-electron chi connectivity index (χ4n) is 2.87. The van der Waals surface area contributed by atoms with Crippen LogP contribution in [0.4, 0.5) is 0 Å². The van der Waals surface area contributed by atoms with Crippen LogP contribution in [0.2, 0.25) is 0 Å². The Bertz CT molecular complexity index is 480. The molecule has 0 saturated carbocycles. The number of aliphatic carboxylic acids is 1. The molecule has 116 valence electrons. The second-order valence-electron chi connectivity index (χ2n) is 5.60. The summed E-state index contributed by atoms with van der Waals surface area (Å²) in [5.41, 5.74) is 0.216. The molecule has 1 amide bonds. The van der Waals surface area contributed by atoms with E-state index in [0.717, 1.165) is 25.8 Å². The van der Waals surface area contributed by atoms with E-state index in [-0.39, 0.29) is 12.3 Å². The number of hydrogen-bond donors (Lipinski definition) is 4. The van der Waals surface area contributed by atoms with E-state index in [2.05, 4.69) is 20.6 Å². The first-order valence-electron chi connectivity index (χ1n) is 7.29. The summed E-state index contributed by atoms with van der Waals surface area (Å²) in [4.78, 5) is 30.7. The molecule has 21 heavy (non-hydrogen) atoms. The van der Waals surface area contributed by atoms with Crippen LogP contribution >= 0.6 is 0 Å². The van der Waals surface area contributed by atoms with Crippen LogP contribution in [-0.2, 0) is 16.0 Å². The van der Waals surface area contributed by atoms with E-state index < -0.39 is 17.4 Å². The van der Waals surface area contributed by atoms with Gasteiger partial charge in [0.15, 0.2) is 0 Å². The zero-order valence-corrected chi connectivity index (χ0v) is 12.2. The fraction of sp³-hybridized carbons (Fsp3) is 0.643. The molecule has 1 aromatic heterocycles. The van der Waals surface area contributed by atoms with E-state index in [0.29, 0.717) is 12.2 Å². The Morgan fingerprint density at radius 1 is 1.57 bits per heavy atom. The maximum Gasteiger partial charge on any atom is 0.326 e. The number of aromatic nitrogens is 2. The fourth-order valence-corrected chi connectivity index (χ4v) is 2.87. The molecule has 0 bridgehead atoms. The summed E-state index contributed by atoms with van der Waals surface area (Å²) in [5, 5.41) is 15.2. The van der Waals surface area contributed by atoms with Crippen molar-refractivity contribution in [2.24, 2.45) is 5.41 Å². The number of rotatable bonds is 7. The first kappa shape index (κ1) is 15.5. The standard InChI is InChI=1S/C14H22N4O3/c1-2-3-14(4-5-15-8-14)13(21)18-11(12(19)20)6-10-7-16-9-17-10/h7,9,11,15H,2-6,8H2,1H3,(H,16,17)(H,18,21)(H,19,20)/t11-,14?/m0/s1. The summed E-state index contributed by atoms with van der Waals surface area (Å²) in [7, 11) is 0. The number of carboxylic acids is 1. The predicted molar refractivity (Wildman–Crippen MR) is 76.7 cm³/mol. The Labute approximate surface area is 123 Å². The van der Waals surface area contributed by atoms with Gasteiger partial charge < -0.3 is 20.7 Å². The quantitative estimate of drug-likeness (QED) is 0.578. The Hall–Kier alpha value is -1.89. The Morgan fingerprint density at radius 2 is 2.38 bits per heavy atom. The number of carbonyl (C=O) groups excluding carboxylic acids is 1. The van der Waals surface area contributed by atoms with Crippen molar-refractivity contribution in [1.29, 1.82) is 0 Å². The van der Waals surface area contributed by atoms with E-state index >= 15 is 0 Å². The molecule has 1 aliphatic heterocycles. The predicted octanol–water partition coefficient (Wildman–Crippen LogP) is 0.301. The summed E-state index contributed by atoms with van der Waals surface area (Å²) in [6, 6.07) is -0.938. The van der Waals surface area contributed by atoms with Gasteiger partial charge in [0.1, 0.15) is 6.04 Å². The van der Waals surface area contributed by atoms with Crippen LogP contribution in [-0.4, -0.2) is 46.1 Å². The summed E-state index contributed by atoms with van der Waals surface area (Å²) in [5.74, 6) is -1.20. The average molecular weight is 294 g/mol. The molecule has 1 saturated heterocycles. The van der Waals surface area contributed by atoms with Crippen molar-refractivity contribution in [3.8, 4) is 0 Å². The Morgan fingerprint density at radius 3 is 2.90 bits per heavy atom. The lowest BCUT2D eigenvalue weighted by Gasteiger charge is -2.28. The molecule has 7 nitrogen and oxygen atoms in total. The minimum Gasteiger partial charge on any atom is -0.480 e. The van der Waals surface area contributed by atoms with Gasteiger partial charge in [-0.1, -0.05) is 13.3 Å². The van der Waals surface area contributed by atoms with E-state index in [1.54, 1.807) is 6.20 Å². The van der Waals surface area contributed by atoms with Crippen LogP contribution in [0.1, 0.15) is 31.9 Å². The number of amides is 1. The minimum atomic E-state index is -1.03. The topological polar surface area (TPSA) is 107 Å². The van der Waals surface area contributed by atoms with Crippen molar-refractivity contribution in [2.75, 3.05) is 13.1 Å². The van der Waals surface area contributed by atoms with Crippen LogP contribution < -0.4 is 10.6 Å². The van der Waals surface area contributed by atoms with Gasteiger partial charge in [-0.15, -0.1) is 0 Å². The molecule has 0 radical (unpaired) electrons. The summed E-state index contributed by atoms with van der Waals surface area (Å²) in [6.07, 6.45) is 5.69. The normalized spacial score (nSPS) is 22.9. The van der Waals surface area contributed by atoms with E-state index in [1.165, 1.54) is 6.33 Å². The van der Waals surface area contributed by atoms with Gasteiger partial charge in [0, 0.05) is 24.9 Å². The second-order valence-corrected chi connectivity index (χ2v) is 5.60. The molecule has 2 heterocycles. The third-order valence-electron chi connectivity index (χ3n) is 4.04. The van der Waals surface area contributed by atoms with Gasteiger partial charge in [-0.3, -0.25) is 4.79 Å². The molecule has 1 aliphatic rings. The molecule has 1 fully saturated rings. The van der Waals surface area contributed by atoms with Crippen molar-refractivity contribution >= 4 is 11.9 Å². The van der Waals surface area contributed by atoms with E-state index in [1.807, 2.05) is 6.92 Å². The molecule has 7 heteroatoms. The maximum atomic E-state index is 12.6. The summed E-state index contributed by atoms with van der Waals surface area (Å²) >= 11 is 0. The highest BCUT2D eigenvalue weighted by Crippen LogP contribution is 2.31. The number of aromatic amines is 1. The summed E-state index contributed by atoms with van der Waals surface area (Å²) in [6.45, 7) is 3.45. The van der Waals surface area contributed by atoms with Crippen LogP contribution in [0.15, 0.2) is 12.5 Å². The van der Waals surface area contributed by atoms with Gasteiger partial charge >= 0.3 is 5.97 Å². The second kappa shape index (κ2) is 6.71. The third-order valence-corrected chi connectivity index (χ3v) is 4.04. The lowest BCUT2D eigenvalue weighted by Crippen LogP contribution is -2.50. The first-order chi connectivity index (χ1) is 10.1. The molecule has 0 aliphatic carbocycles.